The summed E-state index contributed by atoms with van der Waals surface area (Å²) >= 11 is 0. The molecule has 0 N–H and O–H groups in total. The van der Waals surface area contributed by atoms with Gasteiger partial charge in [0.15, 0.2) is 7.11 Å². The first-order chi connectivity index (χ1) is 2.56. The number of hydrogen-bond donors (Lipinski definition) is 0. The maximum atomic E-state index is 9.19. The van der Waals surface area contributed by atoms with Gasteiger partial charge in [0.1, 0.15) is 0 Å². The minimum Gasteiger partial charge on any atom is -0.183 e. The molecule has 0 amide bonds. The Kier molecular flexibility index (Phi) is 5.89. The third-order valence-corrected chi connectivity index (χ3v) is 0.567. The van der Waals surface area contributed by atoms with Crippen LogP contribution >= 0.6 is 0 Å². The molecular formula is CH3AgClO4. The molecule has 6 heteroatoms. The Morgan fingerprint density at radius 3 is 1.43 bits per heavy atom. The molecule has 1 radical (unpaired) electrons. The topological polar surface area (TPSA) is 78.4 Å². The van der Waals surface area contributed by atoms with Crippen molar-refractivity contribution in [1.29, 1.82) is 0 Å². The zero-order valence-corrected chi connectivity index (χ0v) is 5.55. The molecule has 0 aromatic heterocycles. The van der Waals surface area contributed by atoms with Gasteiger partial charge in [0.05, 0.1) is 14.5 Å². The van der Waals surface area contributed by atoms with Crippen molar-refractivity contribution >= 4 is 0 Å². The van der Waals surface area contributed by atoms with Crippen LogP contribution in [-0.4, -0.2) is 7.11 Å². The van der Waals surface area contributed by atoms with Crippen LogP contribution in [-0.2, 0) is 26.7 Å². The molecule has 0 aromatic rings. The van der Waals surface area contributed by atoms with Gasteiger partial charge in [-0.1, -0.05) is 0 Å². The Balaban J connectivity index is 0. The molecule has 0 heterocycles. The van der Waals surface area contributed by atoms with Crippen molar-refractivity contribution in [2.75, 3.05) is 7.11 Å². The van der Waals surface area contributed by atoms with E-state index in [-0.39, 0.29) is 22.4 Å². The second-order valence-corrected chi connectivity index (χ2v) is 1.60. The van der Waals surface area contributed by atoms with Crippen LogP contribution in [0.2, 0.25) is 0 Å². The molecule has 0 saturated heterocycles. The van der Waals surface area contributed by atoms with Crippen LogP contribution in [0.4, 0.5) is 0 Å². The van der Waals surface area contributed by atoms with Gasteiger partial charge in [-0.05, 0) is 0 Å². The van der Waals surface area contributed by atoms with Gasteiger partial charge >= 0.3 is 0 Å². The molecule has 0 aliphatic carbocycles. The third-order valence-electron chi connectivity index (χ3n) is 0.189. The summed E-state index contributed by atoms with van der Waals surface area (Å²) in [7, 11) is -3.38. The minimum atomic E-state index is -4.18. The average Bonchev–Trinajstić information content (AvgIpc) is 1.35. The zero-order valence-electron chi connectivity index (χ0n) is 3.31. The molecule has 0 fully saturated rings. The van der Waals surface area contributed by atoms with Crippen LogP contribution in [0.1, 0.15) is 0 Å². The quantitative estimate of drug-likeness (QED) is 0.432. The average molecular weight is 222 g/mol. The van der Waals surface area contributed by atoms with Crippen LogP contribution in [0.3, 0.4) is 0 Å². The summed E-state index contributed by atoms with van der Waals surface area (Å²) in [5.41, 5.74) is 0. The van der Waals surface area contributed by atoms with E-state index in [4.69, 9.17) is 0 Å². The predicted molar refractivity (Wildman–Crippen MR) is 7.01 cm³/mol. The maximum Gasteiger partial charge on any atom is 0.193 e. The van der Waals surface area contributed by atoms with E-state index in [0.29, 0.717) is 0 Å². The van der Waals surface area contributed by atoms with Crippen LogP contribution in [0.5, 0.6) is 0 Å². The van der Waals surface area contributed by atoms with E-state index in [2.05, 4.69) is 4.29 Å². The molecule has 0 saturated carbocycles. The fourth-order valence-corrected chi connectivity index (χ4v) is 0. The monoisotopic (exact) mass is 221 g/mol. The van der Waals surface area contributed by atoms with Crippen molar-refractivity contribution in [3.05, 3.63) is 0 Å². The summed E-state index contributed by atoms with van der Waals surface area (Å²) in [5.74, 6) is 0. The van der Waals surface area contributed by atoms with E-state index in [0.717, 1.165) is 7.11 Å². The molecule has 0 rings (SSSR count). The molecule has 4 nitrogen and oxygen atoms in total. The van der Waals surface area contributed by atoms with E-state index in [1.165, 1.54) is 0 Å². The van der Waals surface area contributed by atoms with Gasteiger partial charge in [-0.25, -0.2) is 0 Å². The van der Waals surface area contributed by atoms with Crippen LogP contribution in [0.15, 0.2) is 0 Å². The van der Waals surface area contributed by atoms with Crippen LogP contribution in [0.25, 0.3) is 0 Å². The fraction of sp³-hybridized carbons (Fsp3) is 1.00. The molecule has 0 aromatic carbocycles. The summed E-state index contributed by atoms with van der Waals surface area (Å²) in [4.78, 5) is 0. The summed E-state index contributed by atoms with van der Waals surface area (Å²) in [6.45, 7) is 0. The fourth-order valence-electron chi connectivity index (χ4n) is 0. The molecule has 0 atom stereocenters. The van der Waals surface area contributed by atoms with Crippen molar-refractivity contribution in [3.8, 4) is 0 Å². The summed E-state index contributed by atoms with van der Waals surface area (Å²) in [6.07, 6.45) is 0. The van der Waals surface area contributed by atoms with Gasteiger partial charge < -0.3 is 0 Å². The van der Waals surface area contributed by atoms with Crippen molar-refractivity contribution in [1.82, 2.24) is 0 Å². The SMILES string of the molecule is CO[Cl+3]([O-])([O-])[O-].[Ag]. The molecule has 0 unspecified atom stereocenters. The molecule has 0 aliphatic heterocycles. The standard InChI is InChI=1S/CH3ClO4.Ag/c1-6-2(3,4)5;/h1H3;. The van der Waals surface area contributed by atoms with Gasteiger partial charge in [0.2, 0.25) is 0 Å². The Morgan fingerprint density at radius 1 is 1.29 bits per heavy atom. The molecule has 0 bridgehead atoms. The van der Waals surface area contributed by atoms with Crippen molar-refractivity contribution in [3.63, 3.8) is 0 Å². The Morgan fingerprint density at radius 2 is 1.43 bits per heavy atom. The van der Waals surface area contributed by atoms with E-state index >= 15 is 0 Å². The molecular weight excluding hydrogens is 219 g/mol. The molecule has 0 spiro atoms. The Bertz CT molecular complexity index is 41.4. The van der Waals surface area contributed by atoms with Gasteiger partial charge in [0, 0.05) is 22.4 Å². The van der Waals surface area contributed by atoms with Crippen molar-refractivity contribution in [2.45, 2.75) is 0 Å². The summed E-state index contributed by atoms with van der Waals surface area (Å²) < 4.78 is 30.9. The van der Waals surface area contributed by atoms with E-state index < -0.39 is 10.2 Å². The summed E-state index contributed by atoms with van der Waals surface area (Å²) in [5, 5.41) is 0. The minimum absolute atomic E-state index is 0. The third kappa shape index (κ3) is 10.9. The van der Waals surface area contributed by atoms with Crippen LogP contribution < -0.4 is 14.0 Å². The first-order valence-corrected chi connectivity index (χ1v) is 2.26. The predicted octanol–water partition coefficient (Wildman–Crippen LogP) is -3.47. The second kappa shape index (κ2) is 3.82. The number of hydrogen-bond acceptors (Lipinski definition) is 4. The van der Waals surface area contributed by atoms with Crippen LogP contribution in [0, 0.1) is 10.2 Å². The van der Waals surface area contributed by atoms with Crippen molar-refractivity contribution in [2.24, 2.45) is 0 Å². The smallest absolute Gasteiger partial charge is 0.183 e. The Hall–Kier alpha value is 0.870. The van der Waals surface area contributed by atoms with E-state index in [1.807, 2.05) is 0 Å². The summed E-state index contributed by atoms with van der Waals surface area (Å²) in [6, 6.07) is 0. The van der Waals surface area contributed by atoms with Gasteiger partial charge in [-0.3, -0.25) is 0 Å². The van der Waals surface area contributed by atoms with Gasteiger partial charge in [0.25, 0.3) is 0 Å². The maximum absolute atomic E-state index is 9.19. The van der Waals surface area contributed by atoms with E-state index in [1.54, 1.807) is 0 Å². The van der Waals surface area contributed by atoms with Crippen molar-refractivity contribution < 1.29 is 50.9 Å². The first-order valence-electron chi connectivity index (χ1n) is 1.03. The second-order valence-electron chi connectivity index (χ2n) is 0.532. The molecule has 0 aliphatic rings. The Labute approximate surface area is 58.3 Å². The van der Waals surface area contributed by atoms with Gasteiger partial charge in [-0.2, -0.15) is 14.0 Å². The van der Waals surface area contributed by atoms with E-state index in [9.17, 15) is 14.0 Å². The van der Waals surface area contributed by atoms with Gasteiger partial charge in [-0.15, -0.1) is 0 Å². The number of rotatable bonds is 1. The zero-order chi connectivity index (χ0) is 5.21. The molecule has 7 heavy (non-hydrogen) atoms. The first kappa shape index (κ1) is 10.8. The normalized spacial score (nSPS) is 10.3. The number of halogens is 1. The molecule has 49 valence electrons. The largest absolute Gasteiger partial charge is 0.193 e.